The molecule has 0 bridgehead atoms. The van der Waals surface area contributed by atoms with Crippen molar-refractivity contribution in [2.75, 3.05) is 6.54 Å². The Balaban J connectivity index is 1.70. The molecule has 3 heteroatoms. The maximum absolute atomic E-state index is 4.48. The number of benzene rings is 2. The predicted molar refractivity (Wildman–Crippen MR) is 87.3 cm³/mol. The molecule has 21 heavy (non-hydrogen) atoms. The lowest BCUT2D eigenvalue weighted by Gasteiger charge is -2.07. The van der Waals surface area contributed by atoms with Crippen LogP contribution in [-0.2, 0) is 13.1 Å². The first kappa shape index (κ1) is 13.8. The quantitative estimate of drug-likeness (QED) is 0.699. The van der Waals surface area contributed by atoms with E-state index in [1.807, 2.05) is 12.3 Å². The summed E-state index contributed by atoms with van der Waals surface area (Å²) < 4.78 is 2.06. The monoisotopic (exact) mass is 279 g/mol. The summed E-state index contributed by atoms with van der Waals surface area (Å²) in [6.45, 7) is 5.01. The topological polar surface area (TPSA) is 29.9 Å². The second-order valence-electron chi connectivity index (χ2n) is 5.35. The van der Waals surface area contributed by atoms with Gasteiger partial charge < -0.3 is 5.32 Å². The number of nitrogens with one attached hydrogen (secondary N) is 1. The molecule has 1 heterocycles. The van der Waals surface area contributed by atoms with Crippen LogP contribution in [-0.4, -0.2) is 16.3 Å². The molecule has 0 aliphatic rings. The molecule has 2 aromatic carbocycles. The second kappa shape index (κ2) is 6.55. The highest BCUT2D eigenvalue weighted by molar-refractivity contribution is 5.78. The third-order valence-electron chi connectivity index (χ3n) is 3.66. The largest absolute Gasteiger partial charge is 0.313 e. The van der Waals surface area contributed by atoms with Crippen LogP contribution in [0.25, 0.3) is 10.9 Å². The van der Waals surface area contributed by atoms with Crippen LogP contribution in [0.15, 0.2) is 54.7 Å². The summed E-state index contributed by atoms with van der Waals surface area (Å²) in [5.74, 6) is 0. The van der Waals surface area contributed by atoms with Gasteiger partial charge in [0.25, 0.3) is 0 Å². The maximum Gasteiger partial charge on any atom is 0.0686 e. The third kappa shape index (κ3) is 3.31. The highest BCUT2D eigenvalue weighted by atomic mass is 15.3. The summed E-state index contributed by atoms with van der Waals surface area (Å²) in [5, 5.41) is 9.09. The van der Waals surface area contributed by atoms with Gasteiger partial charge in [0.15, 0.2) is 0 Å². The molecule has 1 aromatic heterocycles. The Morgan fingerprint density at radius 2 is 1.76 bits per heavy atom. The highest BCUT2D eigenvalue weighted by Crippen LogP contribution is 2.14. The average Bonchev–Trinajstić information content (AvgIpc) is 2.93. The van der Waals surface area contributed by atoms with Crippen molar-refractivity contribution in [3.8, 4) is 0 Å². The Kier molecular flexibility index (Phi) is 4.31. The zero-order chi connectivity index (χ0) is 14.5. The van der Waals surface area contributed by atoms with Crippen LogP contribution >= 0.6 is 0 Å². The van der Waals surface area contributed by atoms with E-state index < -0.39 is 0 Å². The molecule has 0 atom stereocenters. The number of hydrogen-bond acceptors (Lipinski definition) is 2. The van der Waals surface area contributed by atoms with Crippen molar-refractivity contribution < 1.29 is 0 Å². The van der Waals surface area contributed by atoms with Crippen LogP contribution < -0.4 is 5.32 Å². The van der Waals surface area contributed by atoms with Gasteiger partial charge in [0, 0.05) is 11.9 Å². The van der Waals surface area contributed by atoms with Gasteiger partial charge in [0.2, 0.25) is 0 Å². The molecule has 0 aliphatic heterocycles. The van der Waals surface area contributed by atoms with Gasteiger partial charge in [-0.1, -0.05) is 49.4 Å². The fourth-order valence-electron chi connectivity index (χ4n) is 2.50. The summed E-state index contributed by atoms with van der Waals surface area (Å²) in [4.78, 5) is 0. The summed E-state index contributed by atoms with van der Waals surface area (Å²) in [7, 11) is 0. The van der Waals surface area contributed by atoms with Crippen LogP contribution in [0.4, 0.5) is 0 Å². The molecule has 3 aromatic rings. The fraction of sp³-hybridized carbons (Fsp3) is 0.278. The van der Waals surface area contributed by atoms with Crippen LogP contribution in [0.2, 0.25) is 0 Å². The minimum absolute atomic E-state index is 0.816. The standard InChI is InChI=1S/C18H21N3/c1-2-11-19-12-15-7-9-16(10-8-15)14-21-18-6-4-3-5-17(18)13-20-21/h3-10,13,19H,2,11-12,14H2,1H3. The SMILES string of the molecule is CCCNCc1ccc(Cn2ncc3ccccc32)cc1. The first-order valence-corrected chi connectivity index (χ1v) is 7.56. The highest BCUT2D eigenvalue weighted by Gasteiger charge is 2.02. The predicted octanol–water partition coefficient (Wildman–Crippen LogP) is 3.58. The van der Waals surface area contributed by atoms with Crippen LogP contribution in [0.3, 0.4) is 0 Å². The Labute approximate surface area is 125 Å². The molecule has 0 radical (unpaired) electrons. The van der Waals surface area contributed by atoms with E-state index in [0.717, 1.165) is 19.6 Å². The van der Waals surface area contributed by atoms with Crippen LogP contribution in [0.5, 0.6) is 0 Å². The van der Waals surface area contributed by atoms with E-state index in [4.69, 9.17) is 0 Å². The number of para-hydroxylation sites is 1. The Hall–Kier alpha value is -2.13. The first-order valence-electron chi connectivity index (χ1n) is 7.56. The van der Waals surface area contributed by atoms with E-state index in [1.54, 1.807) is 0 Å². The third-order valence-corrected chi connectivity index (χ3v) is 3.66. The van der Waals surface area contributed by atoms with Gasteiger partial charge >= 0.3 is 0 Å². The van der Waals surface area contributed by atoms with E-state index in [9.17, 15) is 0 Å². The average molecular weight is 279 g/mol. The second-order valence-corrected chi connectivity index (χ2v) is 5.35. The molecule has 1 N–H and O–H groups in total. The van der Waals surface area contributed by atoms with Crippen molar-refractivity contribution in [3.05, 3.63) is 65.9 Å². The van der Waals surface area contributed by atoms with E-state index in [0.29, 0.717) is 0 Å². The lowest BCUT2D eigenvalue weighted by Crippen LogP contribution is -2.13. The van der Waals surface area contributed by atoms with Gasteiger partial charge in [-0.3, -0.25) is 4.68 Å². The summed E-state index contributed by atoms with van der Waals surface area (Å²) in [6, 6.07) is 17.1. The van der Waals surface area contributed by atoms with Crippen molar-refractivity contribution in [2.45, 2.75) is 26.4 Å². The van der Waals surface area contributed by atoms with Crippen molar-refractivity contribution >= 4 is 10.9 Å². The van der Waals surface area contributed by atoms with E-state index in [-0.39, 0.29) is 0 Å². The van der Waals surface area contributed by atoms with Gasteiger partial charge in [-0.25, -0.2) is 0 Å². The van der Waals surface area contributed by atoms with Crippen molar-refractivity contribution in [3.63, 3.8) is 0 Å². The number of hydrogen-bond donors (Lipinski definition) is 1. The minimum Gasteiger partial charge on any atom is -0.313 e. The number of rotatable bonds is 6. The zero-order valence-corrected chi connectivity index (χ0v) is 12.4. The van der Waals surface area contributed by atoms with Crippen molar-refractivity contribution in [2.24, 2.45) is 0 Å². The molecular formula is C18H21N3. The van der Waals surface area contributed by atoms with E-state index in [2.05, 4.69) is 64.5 Å². The maximum atomic E-state index is 4.48. The zero-order valence-electron chi connectivity index (χ0n) is 12.4. The molecule has 108 valence electrons. The van der Waals surface area contributed by atoms with E-state index >= 15 is 0 Å². The molecule has 0 unspecified atom stereocenters. The molecule has 0 aliphatic carbocycles. The van der Waals surface area contributed by atoms with Gasteiger partial charge in [-0.05, 0) is 30.2 Å². The number of nitrogens with zero attached hydrogens (tertiary/aromatic N) is 2. The Bertz CT molecular complexity index is 698. The Morgan fingerprint density at radius 3 is 2.57 bits per heavy atom. The van der Waals surface area contributed by atoms with Gasteiger partial charge in [-0.15, -0.1) is 0 Å². The molecule has 0 saturated carbocycles. The molecule has 0 amide bonds. The molecule has 3 rings (SSSR count). The Morgan fingerprint density at radius 1 is 1.00 bits per heavy atom. The first-order chi connectivity index (χ1) is 10.4. The van der Waals surface area contributed by atoms with Gasteiger partial charge in [0.05, 0.1) is 18.3 Å². The van der Waals surface area contributed by atoms with E-state index in [1.165, 1.54) is 28.5 Å². The molecular weight excluding hydrogens is 258 g/mol. The molecule has 3 nitrogen and oxygen atoms in total. The molecule has 0 spiro atoms. The van der Waals surface area contributed by atoms with Crippen molar-refractivity contribution in [1.82, 2.24) is 15.1 Å². The summed E-state index contributed by atoms with van der Waals surface area (Å²) in [6.07, 6.45) is 3.10. The lowest BCUT2D eigenvalue weighted by atomic mass is 10.1. The molecule has 0 saturated heterocycles. The fourth-order valence-corrected chi connectivity index (χ4v) is 2.50. The van der Waals surface area contributed by atoms with Crippen molar-refractivity contribution in [1.29, 1.82) is 0 Å². The molecule has 0 fully saturated rings. The summed E-state index contributed by atoms with van der Waals surface area (Å²) >= 11 is 0. The van der Waals surface area contributed by atoms with Gasteiger partial charge in [0.1, 0.15) is 0 Å². The van der Waals surface area contributed by atoms with Crippen LogP contribution in [0, 0.1) is 0 Å². The smallest absolute Gasteiger partial charge is 0.0686 e. The minimum atomic E-state index is 0.816. The lowest BCUT2D eigenvalue weighted by molar-refractivity contribution is 0.674. The number of aromatic nitrogens is 2. The summed E-state index contributed by atoms with van der Waals surface area (Å²) in [5.41, 5.74) is 3.80. The van der Waals surface area contributed by atoms with Crippen LogP contribution in [0.1, 0.15) is 24.5 Å². The number of fused-ring (bicyclic) bond motifs is 1. The normalized spacial score (nSPS) is 11.1. The van der Waals surface area contributed by atoms with Gasteiger partial charge in [-0.2, -0.15) is 5.10 Å².